The maximum atomic E-state index is 12.2. The van der Waals surface area contributed by atoms with E-state index in [1.807, 2.05) is 26.0 Å². The lowest BCUT2D eigenvalue weighted by atomic mass is 9.75. The molecule has 138 valence electrons. The van der Waals surface area contributed by atoms with Crippen molar-refractivity contribution in [2.75, 3.05) is 6.61 Å². The molecule has 0 saturated heterocycles. The molecule has 0 aromatic heterocycles. The molecular formula is C21H30O4. The molecule has 3 atom stereocenters. The molecule has 4 nitrogen and oxygen atoms in total. The third-order valence-electron chi connectivity index (χ3n) is 5.18. The van der Waals surface area contributed by atoms with Crippen molar-refractivity contribution in [1.82, 2.24) is 0 Å². The fraction of sp³-hybridized carbons (Fsp3) is 0.619. The van der Waals surface area contributed by atoms with E-state index < -0.39 is 11.9 Å². The molecule has 1 saturated carbocycles. The van der Waals surface area contributed by atoms with E-state index in [9.17, 15) is 9.59 Å². The predicted octanol–water partition coefficient (Wildman–Crippen LogP) is 4.46. The first kappa shape index (κ1) is 19.5. The van der Waals surface area contributed by atoms with Crippen LogP contribution in [0, 0.1) is 31.6 Å². The van der Waals surface area contributed by atoms with Crippen molar-refractivity contribution in [3.63, 3.8) is 0 Å². The fourth-order valence-electron chi connectivity index (χ4n) is 3.61. The normalized spacial score (nSPS) is 23.4. The van der Waals surface area contributed by atoms with E-state index >= 15 is 0 Å². The Labute approximate surface area is 150 Å². The van der Waals surface area contributed by atoms with Crippen LogP contribution in [0.2, 0.25) is 0 Å². The second kappa shape index (κ2) is 8.50. The van der Waals surface area contributed by atoms with Gasteiger partial charge in [0.2, 0.25) is 0 Å². The lowest BCUT2D eigenvalue weighted by molar-refractivity contribution is -0.159. The Balaban J connectivity index is 1.91. The van der Waals surface area contributed by atoms with Gasteiger partial charge in [-0.1, -0.05) is 44.9 Å². The molecule has 1 aliphatic carbocycles. The molecule has 0 amide bonds. The number of benzene rings is 1. The van der Waals surface area contributed by atoms with E-state index in [0.29, 0.717) is 23.3 Å². The summed E-state index contributed by atoms with van der Waals surface area (Å²) in [6, 6.07) is 5.60. The number of carbonyl (C=O) groups excluding carboxylic acids is 2. The molecule has 25 heavy (non-hydrogen) atoms. The molecule has 1 aromatic carbocycles. The zero-order chi connectivity index (χ0) is 18.6. The first-order chi connectivity index (χ1) is 11.8. The van der Waals surface area contributed by atoms with Crippen LogP contribution < -0.4 is 0 Å². The molecule has 0 aliphatic heterocycles. The molecule has 0 spiro atoms. The molecular weight excluding hydrogens is 316 g/mol. The molecule has 1 aliphatic rings. The smallest absolute Gasteiger partial charge is 0.344 e. The molecule has 0 radical (unpaired) electrons. The van der Waals surface area contributed by atoms with Crippen LogP contribution >= 0.6 is 0 Å². The summed E-state index contributed by atoms with van der Waals surface area (Å²) in [5, 5.41) is 0. The number of hydrogen-bond donors (Lipinski definition) is 0. The van der Waals surface area contributed by atoms with Crippen LogP contribution in [0.15, 0.2) is 18.2 Å². The first-order valence-corrected chi connectivity index (χ1v) is 9.21. The number of ether oxygens (including phenoxy) is 2. The van der Waals surface area contributed by atoms with Gasteiger partial charge in [-0.05, 0) is 56.1 Å². The summed E-state index contributed by atoms with van der Waals surface area (Å²) in [4.78, 5) is 24.4. The third kappa shape index (κ3) is 5.32. The van der Waals surface area contributed by atoms with E-state index in [4.69, 9.17) is 9.47 Å². The zero-order valence-corrected chi connectivity index (χ0v) is 16.0. The Morgan fingerprint density at radius 3 is 2.60 bits per heavy atom. The van der Waals surface area contributed by atoms with Crippen molar-refractivity contribution in [3.05, 3.63) is 34.9 Å². The Morgan fingerprint density at radius 2 is 1.92 bits per heavy atom. The number of hydrogen-bond acceptors (Lipinski definition) is 4. The van der Waals surface area contributed by atoms with E-state index in [1.165, 1.54) is 6.42 Å². The SMILES string of the molecule is Cc1ccc(C)c(C(=O)OCC(=O)O[C@H]2C[C@@H](C)CC[C@H]2C(C)C)c1. The first-order valence-electron chi connectivity index (χ1n) is 9.21. The largest absolute Gasteiger partial charge is 0.460 e. The van der Waals surface area contributed by atoms with Gasteiger partial charge >= 0.3 is 11.9 Å². The highest BCUT2D eigenvalue weighted by Crippen LogP contribution is 2.35. The predicted molar refractivity (Wildman–Crippen MR) is 97.4 cm³/mol. The second-order valence-corrected chi connectivity index (χ2v) is 7.75. The van der Waals surface area contributed by atoms with Crippen molar-refractivity contribution in [2.45, 2.75) is 60.0 Å². The van der Waals surface area contributed by atoms with Gasteiger partial charge < -0.3 is 9.47 Å². The van der Waals surface area contributed by atoms with Gasteiger partial charge in [-0.25, -0.2) is 9.59 Å². The van der Waals surface area contributed by atoms with Gasteiger partial charge in [-0.3, -0.25) is 0 Å². The molecule has 2 rings (SSSR count). The Hall–Kier alpha value is -1.84. The third-order valence-corrected chi connectivity index (χ3v) is 5.18. The van der Waals surface area contributed by atoms with Crippen molar-refractivity contribution in [1.29, 1.82) is 0 Å². The van der Waals surface area contributed by atoms with Crippen LogP contribution in [-0.4, -0.2) is 24.6 Å². The molecule has 0 bridgehead atoms. The van der Waals surface area contributed by atoms with Crippen LogP contribution in [0.25, 0.3) is 0 Å². The zero-order valence-electron chi connectivity index (χ0n) is 16.0. The highest BCUT2D eigenvalue weighted by Gasteiger charge is 2.33. The maximum absolute atomic E-state index is 12.2. The van der Waals surface area contributed by atoms with E-state index in [1.54, 1.807) is 6.07 Å². The molecule has 1 fully saturated rings. The average molecular weight is 346 g/mol. The van der Waals surface area contributed by atoms with Crippen molar-refractivity contribution in [3.8, 4) is 0 Å². The van der Waals surface area contributed by atoms with Crippen LogP contribution in [0.5, 0.6) is 0 Å². The Bertz CT molecular complexity index is 620. The molecule has 0 N–H and O–H groups in total. The summed E-state index contributed by atoms with van der Waals surface area (Å²) < 4.78 is 10.8. The Morgan fingerprint density at radius 1 is 1.20 bits per heavy atom. The summed E-state index contributed by atoms with van der Waals surface area (Å²) >= 11 is 0. The minimum absolute atomic E-state index is 0.0735. The topological polar surface area (TPSA) is 52.6 Å². The number of rotatable bonds is 5. The second-order valence-electron chi connectivity index (χ2n) is 7.75. The van der Waals surface area contributed by atoms with Gasteiger partial charge in [0.15, 0.2) is 6.61 Å². The molecule has 0 heterocycles. The fourth-order valence-corrected chi connectivity index (χ4v) is 3.61. The summed E-state index contributed by atoms with van der Waals surface area (Å²) in [6.45, 7) is 9.97. The minimum atomic E-state index is -0.476. The van der Waals surface area contributed by atoms with E-state index in [0.717, 1.165) is 24.0 Å². The summed E-state index contributed by atoms with van der Waals surface area (Å²) in [5.41, 5.74) is 2.32. The standard InChI is InChI=1S/C21H30O4/c1-13(2)17-9-7-15(4)11-19(17)25-20(22)12-24-21(23)18-10-14(3)6-8-16(18)5/h6,8,10,13,15,17,19H,7,9,11-12H2,1-5H3/t15-,17-,19-/m0/s1. The van der Waals surface area contributed by atoms with Crippen molar-refractivity contribution in [2.24, 2.45) is 17.8 Å². The van der Waals surface area contributed by atoms with E-state index in [2.05, 4.69) is 20.8 Å². The highest BCUT2D eigenvalue weighted by molar-refractivity contribution is 5.92. The van der Waals surface area contributed by atoms with Gasteiger partial charge in [-0.15, -0.1) is 0 Å². The molecule has 0 unspecified atom stereocenters. The monoisotopic (exact) mass is 346 g/mol. The number of aryl methyl sites for hydroxylation is 2. The van der Waals surface area contributed by atoms with Gasteiger partial charge in [0.1, 0.15) is 6.10 Å². The summed E-state index contributed by atoms with van der Waals surface area (Å²) in [5.74, 6) is 0.488. The minimum Gasteiger partial charge on any atom is -0.460 e. The van der Waals surface area contributed by atoms with Gasteiger partial charge in [0, 0.05) is 0 Å². The van der Waals surface area contributed by atoms with Gasteiger partial charge in [0.05, 0.1) is 5.56 Å². The number of carbonyl (C=O) groups is 2. The lowest BCUT2D eigenvalue weighted by Gasteiger charge is -2.36. The van der Waals surface area contributed by atoms with Crippen LogP contribution in [0.4, 0.5) is 0 Å². The molecule has 1 aromatic rings. The maximum Gasteiger partial charge on any atom is 0.344 e. The summed E-state index contributed by atoms with van der Waals surface area (Å²) in [7, 11) is 0. The highest BCUT2D eigenvalue weighted by atomic mass is 16.6. The average Bonchev–Trinajstić information content (AvgIpc) is 2.54. The van der Waals surface area contributed by atoms with Crippen LogP contribution in [-0.2, 0) is 14.3 Å². The van der Waals surface area contributed by atoms with Gasteiger partial charge in [0.25, 0.3) is 0 Å². The van der Waals surface area contributed by atoms with Crippen LogP contribution in [0.1, 0.15) is 61.5 Å². The quantitative estimate of drug-likeness (QED) is 0.739. The number of esters is 2. The van der Waals surface area contributed by atoms with Gasteiger partial charge in [-0.2, -0.15) is 0 Å². The van der Waals surface area contributed by atoms with Crippen molar-refractivity contribution < 1.29 is 19.1 Å². The van der Waals surface area contributed by atoms with E-state index in [-0.39, 0.29) is 12.7 Å². The molecule has 4 heteroatoms. The van der Waals surface area contributed by atoms with Crippen molar-refractivity contribution >= 4 is 11.9 Å². The summed E-state index contributed by atoms with van der Waals surface area (Å²) in [6.07, 6.45) is 3.08. The Kier molecular flexibility index (Phi) is 6.63. The van der Waals surface area contributed by atoms with Crippen LogP contribution in [0.3, 0.4) is 0 Å². The lowest BCUT2D eigenvalue weighted by Crippen LogP contribution is -2.36.